The van der Waals surface area contributed by atoms with Gasteiger partial charge in [0.15, 0.2) is 10.8 Å². The molecule has 0 aliphatic carbocycles. The summed E-state index contributed by atoms with van der Waals surface area (Å²) >= 11 is 6.04. The zero-order valence-corrected chi connectivity index (χ0v) is 11.7. The third-order valence-electron chi connectivity index (χ3n) is 5.00. The van der Waals surface area contributed by atoms with Crippen molar-refractivity contribution >= 4 is 22.8 Å². The molecule has 3 fully saturated rings. The van der Waals surface area contributed by atoms with Crippen LogP contribution in [0, 0.1) is 11.8 Å². The highest BCUT2D eigenvalue weighted by molar-refractivity contribution is 6.33. The Hall–Kier alpha value is -1.31. The minimum Gasteiger partial charge on any atom is -0.373 e. The number of alkyl halides is 1. The molecular weight excluding hydrogens is 299 g/mol. The van der Waals surface area contributed by atoms with Crippen molar-refractivity contribution in [3.8, 4) is 0 Å². The van der Waals surface area contributed by atoms with Crippen LogP contribution < -0.4 is 0 Å². The molecule has 21 heavy (non-hydrogen) atoms. The van der Waals surface area contributed by atoms with Gasteiger partial charge in [0.05, 0.1) is 37.9 Å². The fourth-order valence-electron chi connectivity index (χ4n) is 4.10. The van der Waals surface area contributed by atoms with Crippen molar-refractivity contribution in [2.24, 2.45) is 11.8 Å². The topological polar surface area (TPSA) is 62.1 Å². The quantitative estimate of drug-likeness (QED) is 0.785. The lowest BCUT2D eigenvalue weighted by molar-refractivity contribution is 0.0582. The van der Waals surface area contributed by atoms with E-state index in [0.717, 1.165) is 0 Å². The van der Waals surface area contributed by atoms with Gasteiger partial charge in [-0.25, -0.2) is 15.0 Å². The van der Waals surface area contributed by atoms with E-state index in [1.807, 2.05) is 4.57 Å². The average Bonchev–Trinajstić information content (AvgIpc) is 3.18. The standard InChI is InChI=1S/C13H12ClFN4O2/c14-12-7-13(17-3-16-12)19(4-18-7)8-9-5(1-15)6-2-20-11(8)10(6)21-9/h3-6,8-11H,1-2H2/t5-,6-,8-,9-,10+,11+/m1/s1. The smallest absolute Gasteiger partial charge is 0.165 e. The fraction of sp³-hybridized carbons (Fsp3) is 0.615. The second kappa shape index (κ2) is 4.12. The van der Waals surface area contributed by atoms with Crippen molar-refractivity contribution in [1.29, 1.82) is 0 Å². The van der Waals surface area contributed by atoms with Gasteiger partial charge in [0.25, 0.3) is 0 Å². The highest BCUT2D eigenvalue weighted by Crippen LogP contribution is 2.54. The van der Waals surface area contributed by atoms with Crippen LogP contribution in [0.2, 0.25) is 5.15 Å². The number of nitrogens with zero attached hydrogens (tertiary/aromatic N) is 4. The van der Waals surface area contributed by atoms with E-state index in [-0.39, 0.29) is 42.9 Å². The molecule has 0 unspecified atom stereocenters. The maximum atomic E-state index is 13.4. The number of imidazole rings is 1. The van der Waals surface area contributed by atoms with E-state index in [9.17, 15) is 4.39 Å². The van der Waals surface area contributed by atoms with Crippen LogP contribution in [0.3, 0.4) is 0 Å². The summed E-state index contributed by atoms with van der Waals surface area (Å²) < 4.78 is 27.2. The molecule has 5 heterocycles. The van der Waals surface area contributed by atoms with Gasteiger partial charge in [-0.05, 0) is 0 Å². The van der Waals surface area contributed by atoms with Crippen LogP contribution in [-0.4, -0.2) is 51.1 Å². The molecule has 2 aromatic heterocycles. The van der Waals surface area contributed by atoms with E-state index in [0.29, 0.717) is 22.9 Å². The Bertz CT molecular complexity index is 725. The minimum atomic E-state index is -0.388. The average molecular weight is 311 g/mol. The second-order valence-electron chi connectivity index (χ2n) is 5.82. The van der Waals surface area contributed by atoms with E-state index >= 15 is 0 Å². The molecule has 0 N–H and O–H groups in total. The molecule has 3 saturated heterocycles. The lowest BCUT2D eigenvalue weighted by Crippen LogP contribution is -2.40. The van der Waals surface area contributed by atoms with Crippen molar-refractivity contribution in [1.82, 2.24) is 19.5 Å². The summed E-state index contributed by atoms with van der Waals surface area (Å²) in [4.78, 5) is 12.5. The molecule has 0 spiro atoms. The van der Waals surface area contributed by atoms with Crippen LogP contribution in [0.25, 0.3) is 11.2 Å². The number of rotatable bonds is 2. The summed E-state index contributed by atoms with van der Waals surface area (Å²) in [6.07, 6.45) is 2.81. The zero-order chi connectivity index (χ0) is 14.1. The van der Waals surface area contributed by atoms with Crippen LogP contribution >= 0.6 is 11.6 Å². The molecule has 6 atom stereocenters. The first-order valence-corrected chi connectivity index (χ1v) is 7.33. The summed E-state index contributed by atoms with van der Waals surface area (Å²) in [5.74, 6) is 0.0581. The molecule has 2 bridgehead atoms. The third-order valence-corrected chi connectivity index (χ3v) is 5.28. The van der Waals surface area contributed by atoms with Crippen molar-refractivity contribution < 1.29 is 13.9 Å². The Morgan fingerprint density at radius 1 is 1.29 bits per heavy atom. The Morgan fingerprint density at radius 3 is 3.05 bits per heavy atom. The Kier molecular flexibility index (Phi) is 2.40. The van der Waals surface area contributed by atoms with E-state index in [1.54, 1.807) is 6.33 Å². The number of hydrogen-bond acceptors (Lipinski definition) is 5. The van der Waals surface area contributed by atoms with Gasteiger partial charge in [0, 0.05) is 11.8 Å². The largest absolute Gasteiger partial charge is 0.373 e. The van der Waals surface area contributed by atoms with Crippen LogP contribution in [0.1, 0.15) is 6.04 Å². The van der Waals surface area contributed by atoms with Crippen molar-refractivity contribution in [2.45, 2.75) is 24.4 Å². The predicted octanol–water partition coefficient (Wildman–Crippen LogP) is 1.40. The first kappa shape index (κ1) is 12.3. The molecule has 3 aliphatic rings. The van der Waals surface area contributed by atoms with Gasteiger partial charge in [-0.2, -0.15) is 0 Å². The summed E-state index contributed by atoms with van der Waals surface area (Å²) in [6, 6.07) is -0.106. The molecule has 110 valence electrons. The molecule has 3 aliphatic heterocycles. The van der Waals surface area contributed by atoms with Crippen molar-refractivity contribution in [3.63, 3.8) is 0 Å². The first-order valence-electron chi connectivity index (χ1n) is 6.95. The Labute approximate surface area is 124 Å². The zero-order valence-electron chi connectivity index (χ0n) is 10.9. The lowest BCUT2D eigenvalue weighted by atomic mass is 9.78. The summed E-state index contributed by atoms with van der Waals surface area (Å²) in [5, 5.41) is 0.315. The number of fused-ring (bicyclic) bond motifs is 2. The summed E-state index contributed by atoms with van der Waals surface area (Å²) in [5.41, 5.74) is 1.19. The summed E-state index contributed by atoms with van der Waals surface area (Å²) in [7, 11) is 0. The van der Waals surface area contributed by atoms with E-state index < -0.39 is 0 Å². The maximum absolute atomic E-state index is 13.4. The molecule has 5 rings (SSSR count). The van der Waals surface area contributed by atoms with Crippen molar-refractivity contribution in [2.75, 3.05) is 13.3 Å². The number of aromatic nitrogens is 4. The molecule has 6 nitrogen and oxygen atoms in total. The second-order valence-corrected chi connectivity index (χ2v) is 6.18. The van der Waals surface area contributed by atoms with Crippen LogP contribution in [0.4, 0.5) is 4.39 Å². The molecule has 0 radical (unpaired) electrons. The Balaban J connectivity index is 1.65. The number of halogens is 2. The fourth-order valence-corrected chi connectivity index (χ4v) is 4.28. The summed E-state index contributed by atoms with van der Waals surface area (Å²) in [6.45, 7) is 0.181. The van der Waals surface area contributed by atoms with Crippen molar-refractivity contribution in [3.05, 3.63) is 17.8 Å². The lowest BCUT2D eigenvalue weighted by Gasteiger charge is -2.29. The SMILES string of the molecule is FC[C@@H]1[C@H]2CO[C@@H]3[C@H]2O[C@H]1[C@H]3n1cnc2c(Cl)ncnc21. The monoisotopic (exact) mass is 310 g/mol. The molecule has 0 saturated carbocycles. The highest BCUT2D eigenvalue weighted by Gasteiger charge is 2.64. The normalized spacial score (nSPS) is 40.5. The number of hydrogen-bond donors (Lipinski definition) is 0. The van der Waals surface area contributed by atoms with Gasteiger partial charge in [-0.15, -0.1) is 0 Å². The molecular formula is C13H12ClFN4O2. The van der Waals surface area contributed by atoms with Gasteiger partial charge in [0.1, 0.15) is 17.9 Å². The van der Waals surface area contributed by atoms with E-state index in [4.69, 9.17) is 21.1 Å². The molecule has 2 aromatic rings. The molecule has 8 heteroatoms. The van der Waals surface area contributed by atoms with Crippen LogP contribution in [0.15, 0.2) is 12.7 Å². The number of ether oxygens (including phenoxy) is 2. The molecule has 0 amide bonds. The minimum absolute atomic E-state index is 0.0180. The highest BCUT2D eigenvalue weighted by atomic mass is 35.5. The first-order chi connectivity index (χ1) is 10.3. The predicted molar refractivity (Wildman–Crippen MR) is 70.7 cm³/mol. The van der Waals surface area contributed by atoms with Crippen LogP contribution in [0.5, 0.6) is 0 Å². The Morgan fingerprint density at radius 2 is 2.19 bits per heavy atom. The van der Waals surface area contributed by atoms with Crippen LogP contribution in [-0.2, 0) is 9.47 Å². The van der Waals surface area contributed by atoms with Gasteiger partial charge < -0.3 is 14.0 Å². The van der Waals surface area contributed by atoms with Gasteiger partial charge >= 0.3 is 0 Å². The third kappa shape index (κ3) is 1.41. The maximum Gasteiger partial charge on any atom is 0.165 e. The molecule has 0 aromatic carbocycles. The van der Waals surface area contributed by atoms with Gasteiger partial charge in [0.2, 0.25) is 0 Å². The van der Waals surface area contributed by atoms with Gasteiger partial charge in [-0.1, -0.05) is 11.6 Å². The van der Waals surface area contributed by atoms with E-state index in [2.05, 4.69) is 15.0 Å². The van der Waals surface area contributed by atoms with Gasteiger partial charge in [-0.3, -0.25) is 4.39 Å². The van der Waals surface area contributed by atoms with E-state index in [1.165, 1.54) is 6.33 Å².